The van der Waals surface area contributed by atoms with Crippen LogP contribution in [0.25, 0.3) is 0 Å². The Hall–Kier alpha value is -2.29. The number of anilines is 1. The van der Waals surface area contributed by atoms with Gasteiger partial charge in [-0.25, -0.2) is 0 Å². The molecule has 2 rings (SSSR count). The molecule has 3 heteroatoms. The van der Waals surface area contributed by atoms with Crippen molar-refractivity contribution in [3.63, 3.8) is 0 Å². The number of aryl methyl sites for hydroxylation is 2. The summed E-state index contributed by atoms with van der Waals surface area (Å²) in [6, 6.07) is 11.6. The van der Waals surface area contributed by atoms with E-state index in [1.54, 1.807) is 6.07 Å². The fraction of sp³-hybridized carbons (Fsp3) is 0.235. The molecule has 0 aliphatic heterocycles. The van der Waals surface area contributed by atoms with Crippen LogP contribution in [0.15, 0.2) is 36.4 Å². The van der Waals surface area contributed by atoms with Crippen molar-refractivity contribution in [1.29, 1.82) is 0 Å². The van der Waals surface area contributed by atoms with E-state index in [4.69, 9.17) is 4.74 Å². The molecular weight excluding hydrogens is 250 g/mol. The molecule has 20 heavy (non-hydrogen) atoms. The Balaban J connectivity index is 2.19. The smallest absolute Gasteiger partial charge is 0.150 e. The van der Waals surface area contributed by atoms with Crippen LogP contribution in [0.1, 0.15) is 27.0 Å². The average molecular weight is 269 g/mol. The summed E-state index contributed by atoms with van der Waals surface area (Å²) in [5, 5.41) is 3.18. The van der Waals surface area contributed by atoms with E-state index in [-0.39, 0.29) is 0 Å². The predicted octanol–water partition coefficient (Wildman–Crippen LogP) is 3.74. The monoisotopic (exact) mass is 269 g/mol. The van der Waals surface area contributed by atoms with Crippen molar-refractivity contribution in [3.05, 3.63) is 58.7 Å². The summed E-state index contributed by atoms with van der Waals surface area (Å²) in [4.78, 5) is 10.7. The maximum atomic E-state index is 10.7. The van der Waals surface area contributed by atoms with E-state index in [0.29, 0.717) is 12.2 Å². The van der Waals surface area contributed by atoms with Gasteiger partial charge in [0.1, 0.15) is 18.6 Å². The Bertz CT molecular complexity index is 620. The second-order valence-electron chi connectivity index (χ2n) is 4.78. The van der Waals surface area contributed by atoms with Crippen molar-refractivity contribution in [2.24, 2.45) is 0 Å². The van der Waals surface area contributed by atoms with E-state index >= 15 is 0 Å². The van der Waals surface area contributed by atoms with Crippen LogP contribution in [-0.2, 0) is 6.61 Å². The number of hydrogen-bond donors (Lipinski definition) is 1. The molecule has 1 N–H and O–H groups in total. The molecule has 0 spiro atoms. The second-order valence-corrected chi connectivity index (χ2v) is 4.78. The minimum absolute atomic E-state index is 0.504. The second kappa shape index (κ2) is 6.24. The fourth-order valence-electron chi connectivity index (χ4n) is 2.19. The highest BCUT2D eigenvalue weighted by Gasteiger charge is 2.07. The highest BCUT2D eigenvalue weighted by molar-refractivity contribution is 5.75. The number of hydrogen-bond acceptors (Lipinski definition) is 3. The molecule has 0 bridgehead atoms. The van der Waals surface area contributed by atoms with Crippen molar-refractivity contribution in [1.82, 2.24) is 0 Å². The molecule has 2 aromatic rings. The predicted molar refractivity (Wildman–Crippen MR) is 81.6 cm³/mol. The highest BCUT2D eigenvalue weighted by Crippen LogP contribution is 2.24. The lowest BCUT2D eigenvalue weighted by Crippen LogP contribution is -2.03. The van der Waals surface area contributed by atoms with Gasteiger partial charge < -0.3 is 10.1 Å². The first-order chi connectivity index (χ1) is 9.65. The number of carbonyl (C=O) groups is 1. The van der Waals surface area contributed by atoms with Crippen LogP contribution >= 0.6 is 0 Å². The first kappa shape index (κ1) is 14.1. The minimum Gasteiger partial charge on any atom is -0.489 e. The van der Waals surface area contributed by atoms with Gasteiger partial charge in [-0.1, -0.05) is 12.1 Å². The lowest BCUT2D eigenvalue weighted by atomic mass is 10.1. The Morgan fingerprint density at radius 2 is 1.95 bits per heavy atom. The largest absolute Gasteiger partial charge is 0.489 e. The van der Waals surface area contributed by atoms with Gasteiger partial charge in [0.25, 0.3) is 0 Å². The molecular formula is C17H19NO2. The molecule has 3 nitrogen and oxygen atoms in total. The van der Waals surface area contributed by atoms with E-state index in [2.05, 4.69) is 18.3 Å². The molecule has 2 aromatic carbocycles. The fourth-order valence-corrected chi connectivity index (χ4v) is 2.19. The maximum Gasteiger partial charge on any atom is 0.150 e. The molecule has 0 atom stereocenters. The normalized spacial score (nSPS) is 10.2. The molecule has 0 unspecified atom stereocenters. The van der Waals surface area contributed by atoms with Gasteiger partial charge >= 0.3 is 0 Å². The number of aldehydes is 1. The maximum absolute atomic E-state index is 10.7. The van der Waals surface area contributed by atoms with Gasteiger partial charge in [-0.15, -0.1) is 0 Å². The Kier molecular flexibility index (Phi) is 4.41. The summed E-state index contributed by atoms with van der Waals surface area (Å²) in [5.74, 6) is 0.806. The zero-order valence-electron chi connectivity index (χ0n) is 12.1. The van der Waals surface area contributed by atoms with Crippen LogP contribution < -0.4 is 10.1 Å². The van der Waals surface area contributed by atoms with E-state index in [9.17, 15) is 4.79 Å². The van der Waals surface area contributed by atoms with Crippen LogP contribution in [0.2, 0.25) is 0 Å². The quantitative estimate of drug-likeness (QED) is 0.840. The molecule has 104 valence electrons. The summed E-state index contributed by atoms with van der Waals surface area (Å²) in [6.45, 7) is 4.52. The van der Waals surface area contributed by atoms with Gasteiger partial charge in [-0.3, -0.25) is 4.79 Å². The summed E-state index contributed by atoms with van der Waals surface area (Å²) < 4.78 is 5.89. The number of ether oxygens (including phenoxy) is 1. The van der Waals surface area contributed by atoms with Gasteiger partial charge in [0.2, 0.25) is 0 Å². The standard InChI is InChI=1S/C17H19NO2/c1-12-5-4-6-16(18-3)15(12)11-20-17-8-7-14(10-19)9-13(17)2/h4-10,18H,11H2,1-3H3. The van der Waals surface area contributed by atoms with Gasteiger partial charge in [0, 0.05) is 23.9 Å². The summed E-state index contributed by atoms with van der Waals surface area (Å²) in [6.07, 6.45) is 0.844. The number of carbonyl (C=O) groups excluding carboxylic acids is 1. The molecule has 0 saturated carbocycles. The highest BCUT2D eigenvalue weighted by atomic mass is 16.5. The van der Waals surface area contributed by atoms with Crippen molar-refractivity contribution in [3.8, 4) is 5.75 Å². The molecule has 0 aromatic heterocycles. The van der Waals surface area contributed by atoms with Gasteiger partial charge in [-0.05, 0) is 49.2 Å². The Morgan fingerprint density at radius 1 is 1.15 bits per heavy atom. The van der Waals surface area contributed by atoms with Crippen molar-refractivity contribution in [2.45, 2.75) is 20.5 Å². The minimum atomic E-state index is 0.504. The number of nitrogens with one attached hydrogen (secondary N) is 1. The topological polar surface area (TPSA) is 38.3 Å². The molecule has 0 radical (unpaired) electrons. The first-order valence-corrected chi connectivity index (χ1v) is 6.60. The third-order valence-corrected chi connectivity index (χ3v) is 3.39. The van der Waals surface area contributed by atoms with Crippen LogP contribution in [0.5, 0.6) is 5.75 Å². The average Bonchev–Trinajstić information content (AvgIpc) is 2.46. The molecule has 0 fully saturated rings. The molecule has 0 saturated heterocycles. The van der Waals surface area contributed by atoms with E-state index in [0.717, 1.165) is 28.8 Å². The Morgan fingerprint density at radius 3 is 2.60 bits per heavy atom. The van der Waals surface area contributed by atoms with Crippen molar-refractivity contribution < 1.29 is 9.53 Å². The van der Waals surface area contributed by atoms with E-state index in [1.807, 2.05) is 38.2 Å². The lowest BCUT2D eigenvalue weighted by Gasteiger charge is -2.14. The molecule has 0 aliphatic carbocycles. The third kappa shape index (κ3) is 2.99. The van der Waals surface area contributed by atoms with E-state index < -0.39 is 0 Å². The van der Waals surface area contributed by atoms with Crippen molar-refractivity contribution >= 4 is 12.0 Å². The summed E-state index contributed by atoms with van der Waals surface area (Å²) >= 11 is 0. The first-order valence-electron chi connectivity index (χ1n) is 6.60. The third-order valence-electron chi connectivity index (χ3n) is 3.39. The molecule has 0 amide bonds. The van der Waals surface area contributed by atoms with Crippen LogP contribution in [0.3, 0.4) is 0 Å². The van der Waals surface area contributed by atoms with Crippen LogP contribution in [0, 0.1) is 13.8 Å². The summed E-state index contributed by atoms with van der Waals surface area (Å²) in [7, 11) is 1.91. The van der Waals surface area contributed by atoms with Crippen LogP contribution in [0.4, 0.5) is 5.69 Å². The van der Waals surface area contributed by atoms with Crippen LogP contribution in [-0.4, -0.2) is 13.3 Å². The number of benzene rings is 2. The SMILES string of the molecule is CNc1cccc(C)c1COc1ccc(C=O)cc1C. The van der Waals surface area contributed by atoms with Gasteiger partial charge in [-0.2, -0.15) is 0 Å². The zero-order chi connectivity index (χ0) is 14.5. The molecule has 0 aliphatic rings. The summed E-state index contributed by atoms with van der Waals surface area (Å²) in [5.41, 5.74) is 5.05. The lowest BCUT2D eigenvalue weighted by molar-refractivity contribution is 0.112. The zero-order valence-corrected chi connectivity index (χ0v) is 12.1. The van der Waals surface area contributed by atoms with Gasteiger partial charge in [0.05, 0.1) is 0 Å². The molecule has 0 heterocycles. The van der Waals surface area contributed by atoms with Crippen molar-refractivity contribution in [2.75, 3.05) is 12.4 Å². The van der Waals surface area contributed by atoms with Gasteiger partial charge in [0.15, 0.2) is 0 Å². The Labute approximate surface area is 119 Å². The number of rotatable bonds is 5. The van der Waals surface area contributed by atoms with E-state index in [1.165, 1.54) is 5.56 Å².